The molecule has 1 aromatic carbocycles. The molecule has 3 aromatic rings. The van der Waals surface area contributed by atoms with Gasteiger partial charge in [-0.15, -0.1) is 0 Å². The zero-order valence-corrected chi connectivity index (χ0v) is 24.0. The van der Waals surface area contributed by atoms with Crippen molar-refractivity contribution in [1.82, 2.24) is 19.8 Å². The van der Waals surface area contributed by atoms with Gasteiger partial charge in [-0.1, -0.05) is 23.2 Å². The normalized spacial score (nSPS) is 21.7. The molecule has 2 atom stereocenters. The third-order valence-electron chi connectivity index (χ3n) is 8.35. The van der Waals surface area contributed by atoms with E-state index in [-0.39, 0.29) is 12.3 Å². The highest BCUT2D eigenvalue weighted by Crippen LogP contribution is 2.34. The maximum atomic E-state index is 11.1. The number of likely N-dealkylation sites (tertiary alicyclic amines) is 2. The lowest BCUT2D eigenvalue weighted by Gasteiger charge is -2.32. The average Bonchev–Trinajstić information content (AvgIpc) is 3.49. The molecule has 8 nitrogen and oxygen atoms in total. The number of hydrogen-bond donors (Lipinski definition) is 1. The summed E-state index contributed by atoms with van der Waals surface area (Å²) in [6, 6.07) is 14.5. The van der Waals surface area contributed by atoms with Crippen LogP contribution in [0.1, 0.15) is 31.2 Å². The van der Waals surface area contributed by atoms with Gasteiger partial charge in [0.25, 0.3) is 0 Å². The van der Waals surface area contributed by atoms with Crippen LogP contribution >= 0.6 is 23.2 Å². The molecule has 0 amide bonds. The number of likely N-dealkylation sites (N-methyl/N-ethyl adjacent to an activating group) is 1. The van der Waals surface area contributed by atoms with Crippen LogP contribution in [0.3, 0.4) is 0 Å². The van der Waals surface area contributed by atoms with E-state index < -0.39 is 5.97 Å². The van der Waals surface area contributed by atoms with Gasteiger partial charge in [0.2, 0.25) is 5.88 Å². The molecule has 1 N–H and O–H groups in total. The monoisotopic (exact) mass is 581 g/mol. The Balaban J connectivity index is 1.21. The van der Waals surface area contributed by atoms with Crippen molar-refractivity contribution >= 4 is 35.0 Å². The molecule has 10 heteroatoms. The summed E-state index contributed by atoms with van der Waals surface area (Å²) in [7, 11) is 2.19. The molecule has 210 valence electrons. The van der Waals surface area contributed by atoms with E-state index in [9.17, 15) is 4.79 Å². The van der Waals surface area contributed by atoms with Crippen LogP contribution in [0.2, 0.25) is 10.0 Å². The van der Waals surface area contributed by atoms with Gasteiger partial charge >= 0.3 is 5.97 Å². The van der Waals surface area contributed by atoms with Crippen LogP contribution in [0.4, 0.5) is 5.82 Å². The summed E-state index contributed by atoms with van der Waals surface area (Å²) in [6.07, 6.45) is 4.96. The summed E-state index contributed by atoms with van der Waals surface area (Å²) in [5.74, 6) is 1.60. The molecule has 0 saturated carbocycles. The van der Waals surface area contributed by atoms with E-state index in [2.05, 4.69) is 21.7 Å². The molecule has 2 aromatic heterocycles. The highest BCUT2D eigenvalue weighted by molar-refractivity contribution is 6.35. The van der Waals surface area contributed by atoms with E-state index in [0.29, 0.717) is 40.3 Å². The van der Waals surface area contributed by atoms with Crippen molar-refractivity contribution in [1.29, 1.82) is 0 Å². The Bertz CT molecular complexity index is 1360. The van der Waals surface area contributed by atoms with Crippen LogP contribution in [0, 0.1) is 5.92 Å². The first-order chi connectivity index (χ1) is 19.3. The van der Waals surface area contributed by atoms with Crippen LogP contribution in [-0.4, -0.2) is 76.2 Å². The third-order valence-corrected chi connectivity index (χ3v) is 8.78. The molecule has 3 aliphatic rings. The molecule has 5 heterocycles. The van der Waals surface area contributed by atoms with Crippen LogP contribution in [0.25, 0.3) is 11.3 Å². The van der Waals surface area contributed by atoms with Crippen molar-refractivity contribution in [2.24, 2.45) is 5.92 Å². The fraction of sp³-hybridized carbons (Fsp3) is 0.433. The molecule has 0 spiro atoms. The van der Waals surface area contributed by atoms with Crippen LogP contribution < -0.4 is 9.64 Å². The minimum atomic E-state index is -0.720. The number of piperidine rings is 1. The van der Waals surface area contributed by atoms with Crippen LogP contribution in [0.5, 0.6) is 11.6 Å². The average molecular weight is 583 g/mol. The lowest BCUT2D eigenvalue weighted by molar-refractivity contribution is -0.138. The van der Waals surface area contributed by atoms with Gasteiger partial charge in [0.15, 0.2) is 0 Å². The van der Waals surface area contributed by atoms with E-state index in [0.717, 1.165) is 61.7 Å². The predicted molar refractivity (Wildman–Crippen MR) is 156 cm³/mol. The number of halogens is 2. The van der Waals surface area contributed by atoms with Gasteiger partial charge in [-0.25, -0.2) is 9.97 Å². The number of aromatic nitrogens is 2. The van der Waals surface area contributed by atoms with E-state index in [1.54, 1.807) is 12.3 Å². The zero-order chi connectivity index (χ0) is 27.8. The van der Waals surface area contributed by atoms with Gasteiger partial charge in [-0.3, -0.25) is 14.6 Å². The number of anilines is 1. The molecule has 2 bridgehead atoms. The third kappa shape index (κ3) is 6.20. The number of fused-ring (bicyclic) bond motifs is 2. The lowest BCUT2D eigenvalue weighted by atomic mass is 9.93. The topological polar surface area (TPSA) is 82.0 Å². The fourth-order valence-electron chi connectivity index (χ4n) is 6.28. The second kappa shape index (κ2) is 11.5. The Morgan fingerprint density at radius 3 is 2.45 bits per heavy atom. The zero-order valence-electron chi connectivity index (χ0n) is 22.5. The first kappa shape index (κ1) is 27.3. The SMILES string of the molecule is CN1C[C@@H]2C[C@H]1CN2c1ccc(Oc2cc(CN3CCC(CC(=O)O)CC3)cc(-c3cc(Cl)cc(Cl)c3)n2)cn1. The minimum absolute atomic E-state index is 0.237. The fourth-order valence-corrected chi connectivity index (χ4v) is 6.80. The maximum absolute atomic E-state index is 11.1. The molecular weight excluding hydrogens is 549 g/mol. The number of hydrogen-bond acceptors (Lipinski definition) is 7. The van der Waals surface area contributed by atoms with Gasteiger partial charge in [-0.2, -0.15) is 0 Å². The standard InChI is InChI=1S/C30H33Cl2N5O3/c1-35-17-25-14-24(35)18-37(25)28-3-2-26(15-33-28)40-29-9-20(16-36-6-4-19(5-7-36)10-30(38)39)8-27(34-29)21-11-22(31)13-23(32)12-21/h2-3,8-9,11-13,15,19,24-25H,4-7,10,14,16-18H2,1H3,(H,38,39)/t24-,25-/m0/s1. The number of carbonyl (C=O) groups is 1. The number of ether oxygens (including phenoxy) is 1. The summed E-state index contributed by atoms with van der Waals surface area (Å²) in [5, 5.41) is 10.2. The quantitative estimate of drug-likeness (QED) is 0.356. The number of nitrogens with zero attached hydrogens (tertiary/aromatic N) is 5. The molecule has 0 radical (unpaired) electrons. The second-order valence-corrected chi connectivity index (χ2v) is 12.1. The summed E-state index contributed by atoms with van der Waals surface area (Å²) in [4.78, 5) is 27.8. The first-order valence-corrected chi connectivity index (χ1v) is 14.6. The Hall–Kier alpha value is -2.91. The van der Waals surface area contributed by atoms with Gasteiger partial charge in [0, 0.05) is 59.8 Å². The molecular formula is C30H33Cl2N5O3. The summed E-state index contributed by atoms with van der Waals surface area (Å²) >= 11 is 12.6. The Morgan fingerprint density at radius 1 is 1.05 bits per heavy atom. The van der Waals surface area contributed by atoms with Gasteiger partial charge < -0.3 is 14.7 Å². The number of aliphatic carboxylic acids is 1. The van der Waals surface area contributed by atoms with Gasteiger partial charge in [-0.05, 0) is 87.3 Å². The smallest absolute Gasteiger partial charge is 0.303 e. The minimum Gasteiger partial charge on any atom is -0.481 e. The molecule has 0 aliphatic carbocycles. The number of carboxylic acids is 1. The molecule has 0 unspecified atom stereocenters. The first-order valence-electron chi connectivity index (χ1n) is 13.8. The molecule has 3 saturated heterocycles. The van der Waals surface area contributed by atoms with Gasteiger partial charge in [0.1, 0.15) is 11.6 Å². The number of piperazine rings is 1. The van der Waals surface area contributed by atoms with E-state index in [1.165, 1.54) is 6.42 Å². The van der Waals surface area contributed by atoms with Crippen LogP contribution in [-0.2, 0) is 11.3 Å². The maximum Gasteiger partial charge on any atom is 0.303 e. The molecule has 6 rings (SSSR count). The van der Waals surface area contributed by atoms with E-state index >= 15 is 0 Å². The van der Waals surface area contributed by atoms with E-state index in [1.807, 2.05) is 36.4 Å². The highest BCUT2D eigenvalue weighted by Gasteiger charge is 2.41. The van der Waals surface area contributed by atoms with Gasteiger partial charge in [0.05, 0.1) is 11.9 Å². The molecule has 3 aliphatic heterocycles. The number of rotatable bonds is 8. The molecule has 3 fully saturated rings. The lowest BCUT2D eigenvalue weighted by Crippen LogP contribution is -2.44. The number of pyridine rings is 2. The van der Waals surface area contributed by atoms with Crippen molar-refractivity contribution < 1.29 is 14.6 Å². The number of benzene rings is 1. The largest absolute Gasteiger partial charge is 0.481 e. The molecule has 40 heavy (non-hydrogen) atoms. The number of carboxylic acid groups (broad SMARTS) is 1. The second-order valence-electron chi connectivity index (χ2n) is 11.3. The van der Waals surface area contributed by atoms with Crippen molar-refractivity contribution in [3.8, 4) is 22.9 Å². The summed E-state index contributed by atoms with van der Waals surface area (Å²) in [5.41, 5.74) is 2.58. The predicted octanol–water partition coefficient (Wildman–Crippen LogP) is 5.82. The summed E-state index contributed by atoms with van der Waals surface area (Å²) < 4.78 is 6.24. The summed E-state index contributed by atoms with van der Waals surface area (Å²) in [6.45, 7) is 4.51. The Kier molecular flexibility index (Phi) is 7.86. The van der Waals surface area contributed by atoms with Crippen molar-refractivity contribution in [2.75, 3.05) is 38.1 Å². The van der Waals surface area contributed by atoms with Crippen LogP contribution in [0.15, 0.2) is 48.7 Å². The van der Waals surface area contributed by atoms with E-state index in [4.69, 9.17) is 43.0 Å². The highest BCUT2D eigenvalue weighted by atomic mass is 35.5. The van der Waals surface area contributed by atoms with Crippen molar-refractivity contribution in [3.05, 3.63) is 64.3 Å². The Morgan fingerprint density at radius 2 is 1.82 bits per heavy atom. The van der Waals surface area contributed by atoms with Crippen molar-refractivity contribution in [2.45, 2.75) is 44.3 Å². The van der Waals surface area contributed by atoms with Crippen molar-refractivity contribution in [3.63, 3.8) is 0 Å². The Labute approximate surface area is 244 Å².